The van der Waals surface area contributed by atoms with Crippen LogP contribution in [0.5, 0.6) is 0 Å². The normalized spacial score (nSPS) is 15.2. The number of methoxy groups -OCH3 is 2. The maximum absolute atomic E-state index is 10.9. The van der Waals surface area contributed by atoms with E-state index < -0.39 is 11.4 Å². The van der Waals surface area contributed by atoms with Gasteiger partial charge in [0.1, 0.15) is 11.7 Å². The molecule has 0 aliphatic rings. The zero-order valence-electron chi connectivity index (χ0n) is 6.92. The van der Waals surface area contributed by atoms with Crippen LogP contribution in [0.3, 0.4) is 0 Å². The van der Waals surface area contributed by atoms with Crippen LogP contribution in [-0.2, 0) is 19.1 Å². The van der Waals surface area contributed by atoms with Crippen molar-refractivity contribution >= 4 is 12.3 Å². The summed E-state index contributed by atoms with van der Waals surface area (Å²) >= 11 is 0. The molecule has 0 saturated heterocycles. The molecule has 0 aromatic heterocycles. The van der Waals surface area contributed by atoms with Crippen molar-refractivity contribution in [3.8, 4) is 0 Å². The first kappa shape index (κ1) is 10.1. The molecule has 0 bridgehead atoms. The number of ether oxygens (including phenoxy) is 2. The fraction of sp³-hybridized carbons (Fsp3) is 0.714. The summed E-state index contributed by atoms with van der Waals surface area (Å²) in [4.78, 5) is 21.4. The van der Waals surface area contributed by atoms with Crippen LogP contribution in [0.15, 0.2) is 0 Å². The highest BCUT2D eigenvalue weighted by molar-refractivity contribution is 5.92. The second-order valence-electron chi connectivity index (χ2n) is 2.46. The molecule has 0 fully saturated rings. The molecule has 0 aliphatic carbocycles. The lowest BCUT2D eigenvalue weighted by atomic mass is 9.94. The number of hydrogen-bond donors (Lipinski definition) is 0. The van der Waals surface area contributed by atoms with E-state index in [1.54, 1.807) is 0 Å². The topological polar surface area (TPSA) is 52.6 Å². The zero-order valence-corrected chi connectivity index (χ0v) is 6.92. The molecule has 4 nitrogen and oxygen atoms in total. The van der Waals surface area contributed by atoms with Gasteiger partial charge in [0.05, 0.1) is 13.7 Å². The van der Waals surface area contributed by atoms with Crippen LogP contribution >= 0.6 is 0 Å². The molecule has 0 amide bonds. The Bertz CT molecular complexity index is 155. The molecule has 1 atom stereocenters. The van der Waals surface area contributed by atoms with E-state index in [4.69, 9.17) is 0 Å². The highest BCUT2D eigenvalue weighted by Crippen LogP contribution is 2.14. The second-order valence-corrected chi connectivity index (χ2v) is 2.46. The highest BCUT2D eigenvalue weighted by Gasteiger charge is 2.34. The van der Waals surface area contributed by atoms with Crippen molar-refractivity contribution < 1.29 is 19.1 Å². The minimum absolute atomic E-state index is 0.0448. The summed E-state index contributed by atoms with van der Waals surface area (Å²) < 4.78 is 9.10. The van der Waals surface area contributed by atoms with E-state index in [1.165, 1.54) is 21.1 Å². The molecule has 1 unspecified atom stereocenters. The number of hydrogen-bond acceptors (Lipinski definition) is 4. The Balaban J connectivity index is 4.31. The van der Waals surface area contributed by atoms with E-state index in [0.717, 1.165) is 0 Å². The smallest absolute Gasteiger partial charge is 0.321 e. The first-order chi connectivity index (χ1) is 5.10. The molecule has 0 aromatic carbocycles. The van der Waals surface area contributed by atoms with Gasteiger partial charge in [-0.15, -0.1) is 0 Å². The van der Waals surface area contributed by atoms with Gasteiger partial charge in [0, 0.05) is 7.11 Å². The second kappa shape index (κ2) is 4.08. The molecule has 0 aromatic rings. The zero-order chi connectivity index (χ0) is 8.91. The van der Waals surface area contributed by atoms with Crippen LogP contribution in [0.2, 0.25) is 0 Å². The van der Waals surface area contributed by atoms with Gasteiger partial charge < -0.3 is 14.3 Å². The number of carbonyl (C=O) groups excluding carboxylic acids is 2. The average molecular weight is 160 g/mol. The van der Waals surface area contributed by atoms with Crippen molar-refractivity contribution in [1.29, 1.82) is 0 Å². The van der Waals surface area contributed by atoms with Gasteiger partial charge in [-0.3, -0.25) is 4.79 Å². The SMILES string of the molecule is COCC(C)(C=O)C(=O)OC. The summed E-state index contributed by atoms with van der Waals surface area (Å²) in [6.07, 6.45) is 0.530. The Morgan fingerprint density at radius 3 is 2.36 bits per heavy atom. The molecule has 4 heteroatoms. The van der Waals surface area contributed by atoms with Gasteiger partial charge in [0.25, 0.3) is 0 Å². The van der Waals surface area contributed by atoms with Crippen molar-refractivity contribution in [1.82, 2.24) is 0 Å². The van der Waals surface area contributed by atoms with E-state index in [1.807, 2.05) is 0 Å². The van der Waals surface area contributed by atoms with E-state index in [-0.39, 0.29) is 6.61 Å². The van der Waals surface area contributed by atoms with E-state index in [2.05, 4.69) is 9.47 Å². The Morgan fingerprint density at radius 2 is 2.09 bits per heavy atom. The maximum Gasteiger partial charge on any atom is 0.321 e. The van der Waals surface area contributed by atoms with Crippen molar-refractivity contribution in [2.45, 2.75) is 6.92 Å². The third-order valence-electron chi connectivity index (χ3n) is 1.36. The molecule has 0 radical (unpaired) electrons. The van der Waals surface area contributed by atoms with Gasteiger partial charge in [-0.2, -0.15) is 0 Å². The molecule has 11 heavy (non-hydrogen) atoms. The van der Waals surface area contributed by atoms with Gasteiger partial charge in [0.15, 0.2) is 0 Å². The largest absolute Gasteiger partial charge is 0.468 e. The van der Waals surface area contributed by atoms with Crippen molar-refractivity contribution in [2.24, 2.45) is 5.41 Å². The van der Waals surface area contributed by atoms with Gasteiger partial charge in [-0.05, 0) is 6.92 Å². The summed E-state index contributed by atoms with van der Waals surface area (Å²) in [6.45, 7) is 1.51. The number of esters is 1. The van der Waals surface area contributed by atoms with Gasteiger partial charge >= 0.3 is 5.97 Å². The Morgan fingerprint density at radius 1 is 1.55 bits per heavy atom. The lowest BCUT2D eigenvalue weighted by molar-refractivity contribution is -0.156. The molecular weight excluding hydrogens is 148 g/mol. The van der Waals surface area contributed by atoms with Gasteiger partial charge in [-0.1, -0.05) is 0 Å². The molecular formula is C7H12O4. The van der Waals surface area contributed by atoms with Crippen LogP contribution < -0.4 is 0 Å². The van der Waals surface area contributed by atoms with Crippen LogP contribution in [0.1, 0.15) is 6.92 Å². The lowest BCUT2D eigenvalue weighted by Gasteiger charge is -2.17. The minimum Gasteiger partial charge on any atom is -0.468 e. The van der Waals surface area contributed by atoms with E-state index in [0.29, 0.717) is 6.29 Å². The molecule has 0 N–H and O–H groups in total. The Labute approximate surface area is 65.5 Å². The third-order valence-corrected chi connectivity index (χ3v) is 1.36. The van der Waals surface area contributed by atoms with Crippen molar-refractivity contribution in [3.05, 3.63) is 0 Å². The van der Waals surface area contributed by atoms with Gasteiger partial charge in [0.2, 0.25) is 0 Å². The summed E-state index contributed by atoms with van der Waals surface area (Å²) in [7, 11) is 2.66. The summed E-state index contributed by atoms with van der Waals surface area (Å²) in [5.41, 5.74) is -1.16. The molecule has 0 saturated carbocycles. The molecule has 0 heterocycles. The highest BCUT2D eigenvalue weighted by atomic mass is 16.5. The third kappa shape index (κ3) is 2.31. The molecule has 64 valence electrons. The average Bonchev–Trinajstić information content (AvgIpc) is 2.03. The fourth-order valence-electron chi connectivity index (χ4n) is 0.674. The number of aldehydes is 1. The number of rotatable bonds is 4. The van der Waals surface area contributed by atoms with Crippen LogP contribution in [-0.4, -0.2) is 33.1 Å². The van der Waals surface area contributed by atoms with Crippen LogP contribution in [0.4, 0.5) is 0 Å². The quantitative estimate of drug-likeness (QED) is 0.330. The van der Waals surface area contributed by atoms with Crippen LogP contribution in [0.25, 0.3) is 0 Å². The van der Waals surface area contributed by atoms with Crippen molar-refractivity contribution in [2.75, 3.05) is 20.8 Å². The summed E-state index contributed by atoms with van der Waals surface area (Å²) in [6, 6.07) is 0. The fourth-order valence-corrected chi connectivity index (χ4v) is 0.674. The lowest BCUT2D eigenvalue weighted by Crippen LogP contribution is -2.35. The number of carbonyl (C=O) groups is 2. The predicted molar refractivity (Wildman–Crippen MR) is 38.1 cm³/mol. The summed E-state index contributed by atoms with van der Waals surface area (Å²) in [5.74, 6) is -0.575. The van der Waals surface area contributed by atoms with Gasteiger partial charge in [-0.25, -0.2) is 0 Å². The first-order valence-electron chi connectivity index (χ1n) is 3.14. The Kier molecular flexibility index (Phi) is 3.74. The standard InChI is InChI=1S/C7H12O4/c1-7(4-8,5-10-2)6(9)11-3/h4H,5H2,1-3H3. The molecule has 0 spiro atoms. The molecule has 0 aliphatic heterocycles. The van der Waals surface area contributed by atoms with E-state index in [9.17, 15) is 9.59 Å². The first-order valence-corrected chi connectivity index (χ1v) is 3.14. The summed E-state index contributed by atoms with van der Waals surface area (Å²) in [5, 5.41) is 0. The maximum atomic E-state index is 10.9. The van der Waals surface area contributed by atoms with Crippen LogP contribution in [0, 0.1) is 5.41 Å². The molecule has 0 rings (SSSR count). The monoisotopic (exact) mass is 160 g/mol. The Hall–Kier alpha value is -0.900. The van der Waals surface area contributed by atoms with Crippen molar-refractivity contribution in [3.63, 3.8) is 0 Å². The van der Waals surface area contributed by atoms with E-state index >= 15 is 0 Å². The minimum atomic E-state index is -1.16. The predicted octanol–water partition coefficient (Wildman–Crippen LogP) is 0.0110.